The van der Waals surface area contributed by atoms with Crippen LogP contribution in [0.2, 0.25) is 0 Å². The second-order valence-corrected chi connectivity index (χ2v) is 5.99. The summed E-state index contributed by atoms with van der Waals surface area (Å²) >= 11 is 3.41. The monoisotopic (exact) mass is 390 g/mol. The number of hydrogen-bond acceptors (Lipinski definition) is 4. The van der Waals surface area contributed by atoms with Gasteiger partial charge in [-0.05, 0) is 48.9 Å². The molecule has 0 aliphatic carbocycles. The van der Waals surface area contributed by atoms with Crippen LogP contribution in [0, 0.1) is 18.6 Å². The van der Waals surface area contributed by atoms with E-state index in [0.29, 0.717) is 5.82 Å². The number of hydrogen-bond donors (Lipinski definition) is 2. The van der Waals surface area contributed by atoms with Gasteiger partial charge in [0.25, 0.3) is 0 Å². The molecule has 0 aliphatic heterocycles. The van der Waals surface area contributed by atoms with E-state index in [-0.39, 0.29) is 11.6 Å². The van der Waals surface area contributed by atoms with E-state index < -0.39 is 11.6 Å². The fraction of sp³-hybridized carbons (Fsp3) is 0.0588. The molecule has 0 radical (unpaired) electrons. The summed E-state index contributed by atoms with van der Waals surface area (Å²) in [7, 11) is 0. The van der Waals surface area contributed by atoms with Crippen molar-refractivity contribution in [1.29, 1.82) is 0 Å². The summed E-state index contributed by atoms with van der Waals surface area (Å²) in [6, 6.07) is 11.1. The number of halogens is 3. The van der Waals surface area contributed by atoms with Gasteiger partial charge in [0.2, 0.25) is 5.95 Å². The summed E-state index contributed by atoms with van der Waals surface area (Å²) in [5, 5.41) is 5.73. The van der Waals surface area contributed by atoms with Gasteiger partial charge in [0, 0.05) is 16.4 Å². The smallest absolute Gasteiger partial charge is 0.229 e. The molecule has 2 aromatic carbocycles. The average Bonchev–Trinajstić information content (AvgIpc) is 2.54. The number of nitrogens with one attached hydrogen (secondary N) is 2. The minimum atomic E-state index is -0.708. The Morgan fingerprint density at radius 3 is 2.46 bits per heavy atom. The molecular weight excluding hydrogens is 378 g/mol. The third-order valence-electron chi connectivity index (χ3n) is 3.31. The van der Waals surface area contributed by atoms with Gasteiger partial charge in [0.05, 0.1) is 0 Å². The molecule has 1 aromatic heterocycles. The van der Waals surface area contributed by atoms with Gasteiger partial charge in [-0.25, -0.2) is 13.8 Å². The highest BCUT2D eigenvalue weighted by Gasteiger charge is 2.10. The predicted octanol–water partition coefficient (Wildman–Crippen LogP) is 5.31. The van der Waals surface area contributed by atoms with Crippen molar-refractivity contribution in [3.8, 4) is 0 Å². The lowest BCUT2D eigenvalue weighted by Crippen LogP contribution is -2.03. The largest absolute Gasteiger partial charge is 0.340 e. The van der Waals surface area contributed by atoms with Crippen LogP contribution in [0.3, 0.4) is 0 Å². The normalized spacial score (nSPS) is 10.5. The Morgan fingerprint density at radius 2 is 1.75 bits per heavy atom. The van der Waals surface area contributed by atoms with Crippen molar-refractivity contribution in [2.45, 2.75) is 6.92 Å². The molecule has 2 N–H and O–H groups in total. The van der Waals surface area contributed by atoms with Crippen molar-refractivity contribution in [1.82, 2.24) is 9.97 Å². The van der Waals surface area contributed by atoms with Gasteiger partial charge in [0.15, 0.2) is 0 Å². The molecule has 0 fully saturated rings. The Kier molecular flexibility index (Phi) is 4.71. The van der Waals surface area contributed by atoms with E-state index >= 15 is 0 Å². The number of nitrogens with zero attached hydrogens (tertiary/aromatic N) is 2. The second-order valence-electron chi connectivity index (χ2n) is 5.07. The van der Waals surface area contributed by atoms with Crippen molar-refractivity contribution in [3.05, 3.63) is 70.3 Å². The molecule has 0 spiro atoms. The SMILES string of the molecule is Cc1cc(Br)ccc1Nc1ccnc(Nc2c(F)cccc2F)n1. The zero-order valence-corrected chi connectivity index (χ0v) is 14.2. The highest BCUT2D eigenvalue weighted by molar-refractivity contribution is 9.10. The topological polar surface area (TPSA) is 49.8 Å². The van der Waals surface area contributed by atoms with Crippen LogP contribution in [0.4, 0.5) is 31.9 Å². The molecule has 7 heteroatoms. The average molecular weight is 391 g/mol. The van der Waals surface area contributed by atoms with E-state index in [9.17, 15) is 8.78 Å². The number of aryl methyl sites for hydroxylation is 1. The molecule has 122 valence electrons. The highest BCUT2D eigenvalue weighted by atomic mass is 79.9. The van der Waals surface area contributed by atoms with Crippen LogP contribution in [0.5, 0.6) is 0 Å². The zero-order valence-electron chi connectivity index (χ0n) is 12.6. The molecule has 0 amide bonds. The van der Waals surface area contributed by atoms with Crippen LogP contribution in [-0.4, -0.2) is 9.97 Å². The first kappa shape index (κ1) is 16.3. The second kappa shape index (κ2) is 6.92. The van der Waals surface area contributed by atoms with Gasteiger partial charge >= 0.3 is 0 Å². The highest BCUT2D eigenvalue weighted by Crippen LogP contribution is 2.25. The number of anilines is 4. The molecule has 4 nitrogen and oxygen atoms in total. The summed E-state index contributed by atoms with van der Waals surface area (Å²) in [6.07, 6.45) is 1.50. The number of benzene rings is 2. The molecule has 1 heterocycles. The van der Waals surface area contributed by atoms with E-state index in [1.807, 2.05) is 25.1 Å². The molecule has 0 aliphatic rings. The Hall–Kier alpha value is -2.54. The third kappa shape index (κ3) is 3.68. The Morgan fingerprint density at radius 1 is 1.00 bits per heavy atom. The Balaban J connectivity index is 1.84. The molecule has 3 rings (SSSR count). The van der Waals surface area contributed by atoms with E-state index in [4.69, 9.17) is 0 Å². The van der Waals surface area contributed by atoms with E-state index in [1.165, 1.54) is 24.4 Å². The third-order valence-corrected chi connectivity index (χ3v) is 3.80. The standard InChI is InChI=1S/C17H13BrF2N4/c1-10-9-11(18)5-6-14(10)22-15-7-8-21-17(23-15)24-16-12(19)3-2-4-13(16)20/h2-9H,1H3,(H2,21,22,23,24). The molecule has 0 saturated heterocycles. The summed E-state index contributed by atoms with van der Waals surface area (Å²) in [5.41, 5.74) is 1.62. The van der Waals surface area contributed by atoms with Crippen molar-refractivity contribution in [2.24, 2.45) is 0 Å². The Labute approximate surface area is 146 Å². The maximum atomic E-state index is 13.7. The Bertz CT molecular complexity index is 866. The van der Waals surface area contributed by atoms with Crippen LogP contribution >= 0.6 is 15.9 Å². The van der Waals surface area contributed by atoms with Crippen molar-refractivity contribution >= 4 is 39.1 Å². The molecular formula is C17H13BrF2N4. The van der Waals surface area contributed by atoms with Gasteiger partial charge in [-0.2, -0.15) is 4.98 Å². The number of aromatic nitrogens is 2. The van der Waals surface area contributed by atoms with Crippen LogP contribution in [-0.2, 0) is 0 Å². The van der Waals surface area contributed by atoms with Crippen molar-refractivity contribution in [3.63, 3.8) is 0 Å². The number of para-hydroxylation sites is 1. The zero-order chi connectivity index (χ0) is 17.1. The quantitative estimate of drug-likeness (QED) is 0.633. The maximum absolute atomic E-state index is 13.7. The van der Waals surface area contributed by atoms with Gasteiger partial charge in [-0.3, -0.25) is 0 Å². The molecule has 0 saturated carbocycles. The summed E-state index contributed by atoms with van der Waals surface area (Å²) in [4.78, 5) is 8.22. The van der Waals surface area contributed by atoms with Crippen LogP contribution < -0.4 is 10.6 Å². The van der Waals surface area contributed by atoms with Gasteiger partial charge in [0.1, 0.15) is 23.1 Å². The van der Waals surface area contributed by atoms with Gasteiger partial charge < -0.3 is 10.6 Å². The summed E-state index contributed by atoms with van der Waals surface area (Å²) in [5.74, 6) is -0.810. The van der Waals surface area contributed by atoms with Crippen LogP contribution in [0.15, 0.2) is 53.1 Å². The first-order valence-electron chi connectivity index (χ1n) is 7.10. The lowest BCUT2D eigenvalue weighted by Gasteiger charge is -2.11. The molecule has 3 aromatic rings. The molecule has 0 atom stereocenters. The lowest BCUT2D eigenvalue weighted by atomic mass is 10.2. The minimum absolute atomic E-state index is 0.0961. The van der Waals surface area contributed by atoms with Gasteiger partial charge in [-0.15, -0.1) is 0 Å². The maximum Gasteiger partial charge on any atom is 0.229 e. The van der Waals surface area contributed by atoms with Crippen LogP contribution in [0.25, 0.3) is 0 Å². The van der Waals surface area contributed by atoms with Gasteiger partial charge in [-0.1, -0.05) is 22.0 Å². The number of rotatable bonds is 4. The summed E-state index contributed by atoms with van der Waals surface area (Å²) < 4.78 is 28.4. The first-order chi connectivity index (χ1) is 11.5. The molecule has 0 bridgehead atoms. The van der Waals surface area contributed by atoms with Crippen LogP contribution in [0.1, 0.15) is 5.56 Å². The van der Waals surface area contributed by atoms with E-state index in [0.717, 1.165) is 15.7 Å². The van der Waals surface area contributed by atoms with E-state index in [1.54, 1.807) is 6.07 Å². The fourth-order valence-corrected chi connectivity index (χ4v) is 2.60. The van der Waals surface area contributed by atoms with Crippen molar-refractivity contribution < 1.29 is 8.78 Å². The minimum Gasteiger partial charge on any atom is -0.340 e. The summed E-state index contributed by atoms with van der Waals surface area (Å²) in [6.45, 7) is 1.96. The van der Waals surface area contributed by atoms with Crippen molar-refractivity contribution in [2.75, 3.05) is 10.6 Å². The molecule has 0 unspecified atom stereocenters. The molecule has 24 heavy (non-hydrogen) atoms. The fourth-order valence-electron chi connectivity index (χ4n) is 2.12. The van der Waals surface area contributed by atoms with E-state index in [2.05, 4.69) is 36.5 Å². The predicted molar refractivity (Wildman–Crippen MR) is 93.8 cm³/mol. The lowest BCUT2D eigenvalue weighted by molar-refractivity contribution is 0.590. The first-order valence-corrected chi connectivity index (χ1v) is 7.89.